The maximum atomic E-state index is 11.4. The molecule has 0 aliphatic carbocycles. The van der Waals surface area contributed by atoms with Crippen LogP contribution in [0.25, 0.3) is 0 Å². The van der Waals surface area contributed by atoms with Crippen LogP contribution in [0.1, 0.15) is 30.3 Å². The number of phenolic OH excluding ortho intramolecular Hbond substituents is 1. The summed E-state index contributed by atoms with van der Waals surface area (Å²) in [6.45, 7) is 2.91. The van der Waals surface area contributed by atoms with Crippen LogP contribution in [0.2, 0.25) is 0 Å². The zero-order chi connectivity index (χ0) is 19.1. The lowest BCUT2D eigenvalue weighted by atomic mass is 9.95. The fourth-order valence-electron chi connectivity index (χ4n) is 3.56. The van der Waals surface area contributed by atoms with E-state index in [1.165, 1.54) is 13.2 Å². The molecule has 0 unspecified atom stereocenters. The van der Waals surface area contributed by atoms with Crippen LogP contribution in [0, 0.1) is 10.1 Å². The van der Waals surface area contributed by atoms with E-state index in [0.29, 0.717) is 10.8 Å². The van der Waals surface area contributed by atoms with Gasteiger partial charge in [0.15, 0.2) is 10.9 Å². The van der Waals surface area contributed by atoms with Gasteiger partial charge in [-0.1, -0.05) is 24.8 Å². The highest BCUT2D eigenvalue weighted by molar-refractivity contribution is 8.14. The first-order chi connectivity index (χ1) is 13.0. The zero-order valence-corrected chi connectivity index (χ0v) is 15.6. The minimum atomic E-state index is -0.602. The number of nitro groups is 1. The number of aromatic hydroxyl groups is 1. The molecule has 8 nitrogen and oxygen atoms in total. The van der Waals surface area contributed by atoms with Crippen molar-refractivity contribution in [3.63, 3.8) is 0 Å². The van der Waals surface area contributed by atoms with E-state index in [4.69, 9.17) is 9.73 Å². The van der Waals surface area contributed by atoms with E-state index in [9.17, 15) is 15.2 Å². The first-order valence-electron chi connectivity index (χ1n) is 8.47. The quantitative estimate of drug-likeness (QED) is 0.635. The highest BCUT2D eigenvalue weighted by Crippen LogP contribution is 2.50. The zero-order valence-electron chi connectivity index (χ0n) is 14.8. The summed E-state index contributed by atoms with van der Waals surface area (Å²) in [6.07, 6.45) is 1.71. The predicted octanol–water partition coefficient (Wildman–Crippen LogP) is 3.29. The monoisotopic (exact) mass is 386 g/mol. The minimum absolute atomic E-state index is 0.0762. The predicted molar refractivity (Wildman–Crippen MR) is 102 cm³/mol. The van der Waals surface area contributed by atoms with Gasteiger partial charge < -0.3 is 14.7 Å². The van der Waals surface area contributed by atoms with Gasteiger partial charge in [0.2, 0.25) is 5.75 Å². The summed E-state index contributed by atoms with van der Waals surface area (Å²) in [6, 6.07) is 8.17. The van der Waals surface area contributed by atoms with Crippen LogP contribution < -0.4 is 4.74 Å². The molecule has 1 aromatic carbocycles. The Hall–Kier alpha value is -2.81. The van der Waals surface area contributed by atoms with E-state index >= 15 is 0 Å². The van der Waals surface area contributed by atoms with Crippen LogP contribution in [-0.4, -0.2) is 44.0 Å². The highest BCUT2D eigenvalue weighted by atomic mass is 32.2. The Balaban J connectivity index is 1.85. The van der Waals surface area contributed by atoms with Crippen LogP contribution in [-0.2, 0) is 0 Å². The Morgan fingerprint density at radius 1 is 1.41 bits per heavy atom. The number of aliphatic imine (C=N–C) groups is 1. The minimum Gasteiger partial charge on any atom is -0.500 e. The standard InChI is InChI=1S/C18H18N4O4S/c1-10-9-21-16(11-7-13(22(24)25)17(23)14(8-11)26-2)15(20-18(21)27-10)12-5-3-4-6-19-12/h3-8,10,15-16,23H,9H2,1-2H3/t10-,15+,16+/m0/s1. The smallest absolute Gasteiger partial charge is 0.315 e. The molecular weight excluding hydrogens is 368 g/mol. The molecule has 4 rings (SSSR count). The molecule has 2 aliphatic rings. The second-order valence-electron chi connectivity index (χ2n) is 6.48. The van der Waals surface area contributed by atoms with Crippen LogP contribution >= 0.6 is 11.8 Å². The van der Waals surface area contributed by atoms with Gasteiger partial charge in [-0.05, 0) is 23.8 Å². The van der Waals surface area contributed by atoms with Crippen LogP contribution in [0.3, 0.4) is 0 Å². The van der Waals surface area contributed by atoms with Crippen LogP contribution in [0.5, 0.6) is 11.5 Å². The Labute approximate surface area is 160 Å². The Morgan fingerprint density at radius 2 is 2.22 bits per heavy atom. The molecule has 1 aromatic heterocycles. The lowest BCUT2D eigenvalue weighted by Crippen LogP contribution is -2.28. The summed E-state index contributed by atoms with van der Waals surface area (Å²) in [7, 11) is 1.38. The van der Waals surface area contributed by atoms with Gasteiger partial charge in [0.05, 0.1) is 23.8 Å². The number of methoxy groups -OCH3 is 1. The number of pyridine rings is 1. The lowest BCUT2D eigenvalue weighted by Gasteiger charge is -2.27. The number of fused-ring (bicyclic) bond motifs is 1. The summed E-state index contributed by atoms with van der Waals surface area (Å²) in [4.78, 5) is 22.3. The molecule has 140 valence electrons. The van der Waals surface area contributed by atoms with Crippen molar-refractivity contribution in [1.29, 1.82) is 0 Å². The average molecular weight is 386 g/mol. The first-order valence-corrected chi connectivity index (χ1v) is 9.35. The van der Waals surface area contributed by atoms with E-state index in [0.717, 1.165) is 17.4 Å². The van der Waals surface area contributed by atoms with Crippen molar-refractivity contribution in [3.8, 4) is 11.5 Å². The van der Waals surface area contributed by atoms with Gasteiger partial charge in [0.1, 0.15) is 6.04 Å². The molecule has 3 heterocycles. The number of nitro benzene ring substituents is 1. The van der Waals surface area contributed by atoms with Crippen LogP contribution in [0.15, 0.2) is 41.5 Å². The van der Waals surface area contributed by atoms with Crippen molar-refractivity contribution < 1.29 is 14.8 Å². The summed E-state index contributed by atoms with van der Waals surface area (Å²) in [5, 5.41) is 22.8. The summed E-state index contributed by atoms with van der Waals surface area (Å²) < 4.78 is 5.18. The number of rotatable bonds is 4. The molecule has 27 heavy (non-hydrogen) atoms. The largest absolute Gasteiger partial charge is 0.500 e. The van der Waals surface area contributed by atoms with Gasteiger partial charge in [-0.25, -0.2) is 0 Å². The molecular formula is C18H18N4O4S. The lowest BCUT2D eigenvalue weighted by molar-refractivity contribution is -0.386. The highest BCUT2D eigenvalue weighted by Gasteiger charge is 2.44. The van der Waals surface area contributed by atoms with Gasteiger partial charge in [-0.15, -0.1) is 0 Å². The summed E-state index contributed by atoms with van der Waals surface area (Å²) >= 11 is 1.69. The number of hydrogen-bond acceptors (Lipinski definition) is 8. The van der Waals surface area contributed by atoms with Gasteiger partial charge in [0.25, 0.3) is 0 Å². The Bertz CT molecular complexity index is 921. The number of nitrogens with zero attached hydrogens (tertiary/aromatic N) is 4. The second-order valence-corrected chi connectivity index (χ2v) is 7.89. The molecule has 2 aliphatic heterocycles. The van der Waals surface area contributed by atoms with E-state index < -0.39 is 10.7 Å². The third-order valence-electron chi connectivity index (χ3n) is 4.72. The van der Waals surface area contributed by atoms with Gasteiger partial charge in [-0.2, -0.15) is 0 Å². The Morgan fingerprint density at radius 3 is 2.89 bits per heavy atom. The molecule has 9 heteroatoms. The molecule has 3 atom stereocenters. The van der Waals surface area contributed by atoms with Crippen molar-refractivity contribution in [2.75, 3.05) is 13.7 Å². The molecule has 1 saturated heterocycles. The van der Waals surface area contributed by atoms with Crippen molar-refractivity contribution in [2.45, 2.75) is 24.3 Å². The van der Waals surface area contributed by atoms with Gasteiger partial charge >= 0.3 is 5.69 Å². The van der Waals surface area contributed by atoms with Gasteiger partial charge in [0, 0.05) is 24.1 Å². The topological polar surface area (TPSA) is 101 Å². The first kappa shape index (κ1) is 17.6. The molecule has 2 aromatic rings. The summed E-state index contributed by atoms with van der Waals surface area (Å²) in [5.41, 5.74) is 1.09. The third kappa shape index (κ3) is 2.97. The number of phenols is 1. The van der Waals surface area contributed by atoms with Crippen molar-refractivity contribution in [1.82, 2.24) is 9.88 Å². The van der Waals surface area contributed by atoms with E-state index in [2.05, 4.69) is 16.8 Å². The third-order valence-corrected chi connectivity index (χ3v) is 5.82. The molecule has 0 saturated carbocycles. The molecule has 1 N–H and O–H groups in total. The number of amidine groups is 1. The van der Waals surface area contributed by atoms with Crippen LogP contribution in [0.4, 0.5) is 5.69 Å². The second kappa shape index (κ2) is 6.73. The maximum Gasteiger partial charge on any atom is 0.315 e. The number of benzene rings is 1. The van der Waals surface area contributed by atoms with E-state index in [1.807, 2.05) is 18.2 Å². The molecule has 0 bridgehead atoms. The average Bonchev–Trinajstić information content (AvgIpc) is 3.18. The molecule has 0 amide bonds. The van der Waals surface area contributed by atoms with Crippen molar-refractivity contribution in [3.05, 3.63) is 57.9 Å². The fraction of sp³-hybridized carbons (Fsp3) is 0.333. The molecule has 0 spiro atoms. The number of aromatic nitrogens is 1. The molecule has 1 fully saturated rings. The fourth-order valence-corrected chi connectivity index (χ4v) is 4.65. The molecule has 0 radical (unpaired) electrons. The SMILES string of the molecule is COc1cc([C@@H]2[C@@H](c3ccccn3)N=C3S[C@@H](C)CN32)cc([N+](=O)[O-])c1O. The normalized spacial score (nSPS) is 23.9. The summed E-state index contributed by atoms with van der Waals surface area (Å²) in [5.74, 6) is -0.392. The Kier molecular flexibility index (Phi) is 4.39. The van der Waals surface area contributed by atoms with Gasteiger partial charge in [-0.3, -0.25) is 20.1 Å². The maximum absolute atomic E-state index is 11.4. The number of hydrogen-bond donors (Lipinski definition) is 1. The van der Waals surface area contributed by atoms with E-state index in [1.54, 1.807) is 24.0 Å². The van der Waals surface area contributed by atoms with E-state index in [-0.39, 0.29) is 23.5 Å². The number of thioether (sulfide) groups is 1. The van der Waals surface area contributed by atoms with Crippen molar-refractivity contribution in [2.24, 2.45) is 4.99 Å². The number of ether oxygens (including phenoxy) is 1. The van der Waals surface area contributed by atoms with Crippen molar-refractivity contribution >= 4 is 22.6 Å².